The van der Waals surface area contributed by atoms with E-state index in [0.717, 1.165) is 136 Å². The van der Waals surface area contributed by atoms with Gasteiger partial charge in [0.1, 0.15) is 45.4 Å². The van der Waals surface area contributed by atoms with E-state index in [9.17, 15) is 20.6 Å². The third-order valence-electron chi connectivity index (χ3n) is 23.4. The fourth-order valence-electron chi connectivity index (χ4n) is 16.7. The van der Waals surface area contributed by atoms with Crippen LogP contribution in [0, 0.1) is 56.8 Å². The fraction of sp³-hybridized carbons (Fsp3) is 0.402. The van der Waals surface area contributed by atoms with Gasteiger partial charge in [-0.05, 0) is 260 Å². The molecule has 30 heteroatoms. The molecule has 8 aromatic rings. The van der Waals surface area contributed by atoms with E-state index in [-0.39, 0.29) is 42.6 Å². The van der Waals surface area contributed by atoms with Crippen LogP contribution in [0.3, 0.4) is 0 Å². The smallest absolute Gasteiger partial charge is 0.222 e. The van der Waals surface area contributed by atoms with Gasteiger partial charge in [-0.25, -0.2) is 35.3 Å². The lowest BCUT2D eigenvalue weighted by Gasteiger charge is -2.47. The second kappa shape index (κ2) is 39.5. The quantitative estimate of drug-likeness (QED) is 0.0520. The van der Waals surface area contributed by atoms with Gasteiger partial charge in [0.15, 0.2) is 22.3 Å². The van der Waals surface area contributed by atoms with Gasteiger partial charge in [0.05, 0.1) is 132 Å². The highest BCUT2D eigenvalue weighted by atomic mass is 35.5. The van der Waals surface area contributed by atoms with Crippen LogP contribution in [0.5, 0.6) is 23.0 Å². The van der Waals surface area contributed by atoms with Crippen LogP contribution in [0.4, 0.5) is 0 Å². The zero-order valence-electron chi connectivity index (χ0n) is 74.2. The lowest BCUT2D eigenvalue weighted by atomic mass is 9.80. The van der Waals surface area contributed by atoms with Crippen molar-refractivity contribution >= 4 is 58.3 Å². The van der Waals surface area contributed by atoms with Crippen LogP contribution in [-0.2, 0) is 40.1 Å². The first kappa shape index (κ1) is 94.2. The lowest BCUT2D eigenvalue weighted by molar-refractivity contribution is -0.220. The number of Topliss-reactive ketones (excluding diaryl/α,β-unsaturated/α-hetero) is 1. The number of nitrogens with zero attached hydrogens (tertiary/aromatic N) is 12. The second-order valence-electron chi connectivity index (χ2n) is 35.8. The van der Waals surface area contributed by atoms with E-state index >= 15 is 0 Å². The largest absolute Gasteiger partial charge is 0.484 e. The molecule has 0 amide bonds. The molecule has 0 aromatic heterocycles. The van der Waals surface area contributed by atoms with Crippen LogP contribution in [-0.4, -0.2) is 156 Å². The molecule has 0 unspecified atom stereocenters. The zero-order chi connectivity index (χ0) is 90.0. The fourth-order valence-corrected chi connectivity index (χ4v) is 17.5. The summed E-state index contributed by atoms with van der Waals surface area (Å²) in [7, 11) is 2.32. The average Bonchev–Trinajstić information content (AvgIpc) is 1.60. The Kier molecular flexibility index (Phi) is 29.3. The molecule has 6 N–H and O–H groups in total. The molecule has 8 aromatic carbocycles. The molecule has 4 fully saturated rings. The molecule has 10 atom stereocenters. The van der Waals surface area contributed by atoms with E-state index in [1.807, 2.05) is 159 Å². The highest BCUT2D eigenvalue weighted by Crippen LogP contribution is 2.55. The van der Waals surface area contributed by atoms with E-state index in [1.165, 1.54) is 17.2 Å². The topological polar surface area (TPSA) is 381 Å². The van der Waals surface area contributed by atoms with Crippen molar-refractivity contribution in [1.29, 1.82) is 26.3 Å². The van der Waals surface area contributed by atoms with E-state index < -0.39 is 50.3 Å². The van der Waals surface area contributed by atoms with Crippen molar-refractivity contribution in [3.8, 4) is 98.0 Å². The number of hydrogen-bond donors (Lipinski definition) is 4. The summed E-state index contributed by atoms with van der Waals surface area (Å²) in [5, 5.41) is 56.2. The predicted octanol–water partition coefficient (Wildman–Crippen LogP) is 17.8. The average molecular weight is 1770 g/mol. The predicted molar refractivity (Wildman–Crippen MR) is 492 cm³/mol. The Hall–Kier alpha value is -11.9. The lowest BCUT2D eigenvalue weighted by Crippen LogP contribution is -2.54. The summed E-state index contributed by atoms with van der Waals surface area (Å²) in [4.78, 5) is 38.8. The maximum absolute atomic E-state index is 12.8. The number of carbonyl (C=O) groups is 1. The van der Waals surface area contributed by atoms with Gasteiger partial charge in [0.2, 0.25) is 29.6 Å². The molecule has 660 valence electrons. The molecule has 27 nitrogen and oxygen atoms in total. The molecule has 6 spiro atoms. The van der Waals surface area contributed by atoms with Crippen LogP contribution < -0.4 is 35.9 Å². The number of fused-ring (bicyclic) bond motifs is 6. The summed E-state index contributed by atoms with van der Waals surface area (Å²) in [5.41, 5.74) is 23.9. The summed E-state index contributed by atoms with van der Waals surface area (Å²) < 4.78 is 57.7. The van der Waals surface area contributed by atoms with Gasteiger partial charge in [0, 0.05) is 46.0 Å². The van der Waals surface area contributed by atoms with Crippen LogP contribution in [0.2, 0.25) is 39.3 Å². The number of carbonyl (C=O) groups excluding carboxylic acids is 1. The van der Waals surface area contributed by atoms with Crippen molar-refractivity contribution < 1.29 is 57.6 Å². The van der Waals surface area contributed by atoms with Crippen LogP contribution in [0.25, 0.3) is 44.5 Å². The zero-order valence-corrected chi connectivity index (χ0v) is 77.0. The second-order valence-corrected chi connectivity index (χ2v) is 44.9. The minimum Gasteiger partial charge on any atom is -0.484 e. The number of nitriles is 5. The molecule has 127 heavy (non-hydrogen) atoms. The number of guanidine groups is 2. The summed E-state index contributed by atoms with van der Waals surface area (Å²) in [6.45, 7) is 23.3. The maximum Gasteiger partial charge on any atom is 0.222 e. The number of ether oxygens (including phenoxy) is 8. The van der Waals surface area contributed by atoms with Gasteiger partial charge in [-0.2, -0.15) is 31.3 Å². The highest BCUT2D eigenvalue weighted by molar-refractivity contribution is 6.76. The van der Waals surface area contributed by atoms with Gasteiger partial charge in [-0.3, -0.25) is 14.1 Å². The van der Waals surface area contributed by atoms with E-state index in [2.05, 4.69) is 105 Å². The van der Waals surface area contributed by atoms with Crippen LogP contribution >= 0.6 is 12.4 Å². The minimum absolute atomic E-state index is 0. The van der Waals surface area contributed by atoms with Crippen molar-refractivity contribution in [2.24, 2.45) is 35.8 Å². The molecule has 18 rings (SSSR count). The van der Waals surface area contributed by atoms with Crippen molar-refractivity contribution in [2.45, 2.75) is 202 Å². The SMILES string of the molecule is CNO.C[C@@H]1CC[C@]2(CO1)CC(=NC#N)c1cc(-c3cccc(C#N)c3)ccc1O2.C[C@@H]1CC[C@]2(CO1)CC(=O)c1cc(-c3cccc(C#N)c3)ccc1O2.C[C@@H]1CC[C@]2(CO1)C[C@@]1(N=C(N)N(C)O1)c1cc(-c3cccc(C#N)c3)ccc1O2.C[C@@H]1CC[C@]2(CO1)C[C@]1(N=C(N)N(C)O1)c1cc(-c3cccc(C#N)c3)ccc1O2.C[Si](C)(C)N=C=N[Si](C)(C)C.Cl. The molecule has 4 saturated heterocycles. The molecule has 0 bridgehead atoms. The van der Waals surface area contributed by atoms with Crippen molar-refractivity contribution in [3.05, 3.63) is 214 Å². The summed E-state index contributed by atoms with van der Waals surface area (Å²) in [6, 6.07) is 65.0. The Morgan fingerprint density at radius 2 is 0.756 bits per heavy atom. The standard InChI is InChI=1S/2C23H24N4O3.C22H19N3O2.C21H19NO3.C7H18N2Si2.CH5NO.ClH/c2*1-15-8-9-22(14-28-15)13-23(26-21(25)27(2)30-23)19-11-18(6-7-20(19)29-22)17-5-3-4-16(10-17)12-24;1-15-7-8-22(13-26-15)11-20(25-14-24)19-10-18(5-6-21(19)27-22)17-4-2-3-16(9-17)12-23;1-14-7-8-21(13-24-14)11-19(23)18-10-17(5-6-20(18)25-21)16-4-2-3-15(9-16)12-22;1-10(2,3)8-7-9-11(4,5)6;1-2-3;/h2*3-7,10-11,15H,8-9,13-14H2,1-2H3,(H2,25,26);2-6,9-10,15H,7-8,11,13H2,1H3;2-6,9-10,14H,7-8,11,13H2,1H3;1-6H3;2-3H,1H3;1H/t15-,22-,23+;15-,22-,23-;15-,22-;14-,21-;;;/m1111.../s1. The highest BCUT2D eigenvalue weighted by Gasteiger charge is 2.58. The third-order valence-corrected chi connectivity index (χ3v) is 24.9. The van der Waals surface area contributed by atoms with Crippen LogP contribution in [0.15, 0.2) is 194 Å². The summed E-state index contributed by atoms with van der Waals surface area (Å²) in [5.74, 6) is 3.58. The van der Waals surface area contributed by atoms with Gasteiger partial charge in [-0.1, -0.05) is 72.8 Å². The van der Waals surface area contributed by atoms with E-state index in [4.69, 9.17) is 84.8 Å². The molecule has 10 aliphatic rings. The number of nitrogens with one attached hydrogen (secondary N) is 1. The van der Waals surface area contributed by atoms with Crippen molar-refractivity contribution in [1.82, 2.24) is 15.6 Å². The summed E-state index contributed by atoms with van der Waals surface area (Å²) >= 11 is 0. The van der Waals surface area contributed by atoms with Gasteiger partial charge in [0.25, 0.3) is 0 Å². The first-order valence-electron chi connectivity index (χ1n) is 42.5. The number of hydrogen-bond acceptors (Lipinski definition) is 27. The number of hydroxylamine groups is 5. The Bertz CT molecular complexity index is 5570. The van der Waals surface area contributed by atoms with Crippen LogP contribution in [0.1, 0.15) is 154 Å². The molecule has 0 aliphatic carbocycles. The van der Waals surface area contributed by atoms with E-state index in [1.54, 1.807) is 43.8 Å². The van der Waals surface area contributed by atoms with Crippen molar-refractivity contribution in [2.75, 3.05) is 47.6 Å². The Morgan fingerprint density at radius 3 is 1.07 bits per heavy atom. The number of nitrogens with two attached hydrogens (primary N) is 2. The molecule has 0 radical (unpaired) electrons. The number of aliphatic imine (C=N–C) groups is 3. The Balaban J connectivity index is 0.000000146. The van der Waals surface area contributed by atoms with Gasteiger partial charge < -0.3 is 54.6 Å². The first-order valence-corrected chi connectivity index (χ1v) is 49.4. The monoisotopic (exact) mass is 1770 g/mol. The third kappa shape index (κ3) is 22.4. The number of halogens is 1. The molecule has 0 saturated carbocycles. The molecule has 10 aliphatic heterocycles. The maximum atomic E-state index is 12.8. The first-order chi connectivity index (χ1) is 60.2. The van der Waals surface area contributed by atoms with Crippen molar-refractivity contribution in [3.63, 3.8) is 0 Å². The summed E-state index contributed by atoms with van der Waals surface area (Å²) in [6.07, 6.45) is 11.9. The number of benzene rings is 8. The molecular weight excluding hydrogens is 1660 g/mol. The molecule has 10 heterocycles. The Morgan fingerprint density at radius 1 is 0.449 bits per heavy atom. The normalized spacial score (nSPS) is 25.7. The van der Waals surface area contributed by atoms with Gasteiger partial charge in [-0.15, -0.1) is 12.4 Å². The molecular formula is C97H110ClN15O12Si2. The van der Waals surface area contributed by atoms with Gasteiger partial charge >= 0.3 is 0 Å². The minimum atomic E-state index is -1.31. The van der Waals surface area contributed by atoms with E-state index in [0.29, 0.717) is 97.6 Å². The number of rotatable bonds is 6. The number of ketones is 1. The Labute approximate surface area is 751 Å².